The van der Waals surface area contributed by atoms with Gasteiger partial charge in [0.15, 0.2) is 0 Å². The van der Waals surface area contributed by atoms with Crippen LogP contribution >= 0.6 is 0 Å². The monoisotopic (exact) mass is 384 g/mol. The van der Waals surface area contributed by atoms with Crippen LogP contribution in [0.5, 0.6) is 0 Å². The molecule has 1 fully saturated rings. The highest BCUT2D eigenvalue weighted by Crippen LogP contribution is 2.46. The van der Waals surface area contributed by atoms with Gasteiger partial charge < -0.3 is 10.2 Å². The van der Waals surface area contributed by atoms with Crippen LogP contribution in [0, 0.1) is 11.8 Å². The predicted molar refractivity (Wildman–Crippen MR) is 118 cm³/mol. The molecule has 1 rings (SSSR count). The quantitative estimate of drug-likeness (QED) is 0.342. The van der Waals surface area contributed by atoms with Crippen LogP contribution in [0.4, 0.5) is 0 Å². The van der Waals surface area contributed by atoms with Gasteiger partial charge in [-0.25, -0.2) is 0 Å². The van der Waals surface area contributed by atoms with Crippen molar-refractivity contribution in [2.24, 2.45) is 11.8 Å². The van der Waals surface area contributed by atoms with Crippen molar-refractivity contribution in [2.75, 3.05) is 0 Å². The number of carbonyl (C=O) groups is 1. The maximum absolute atomic E-state index is 10.7. The van der Waals surface area contributed by atoms with E-state index in [1.165, 1.54) is 0 Å². The smallest absolute Gasteiger partial charge is 0.145 e. The molecule has 0 saturated heterocycles. The zero-order valence-electron chi connectivity index (χ0n) is 18.1. The molecule has 0 heterocycles. The fraction of sp³-hybridized carbons (Fsp3) is 0.480. The molecule has 0 aromatic heterocycles. The van der Waals surface area contributed by atoms with E-state index in [-0.39, 0.29) is 11.8 Å². The lowest BCUT2D eigenvalue weighted by molar-refractivity contribution is -0.104. The minimum absolute atomic E-state index is 0.0518. The fourth-order valence-electron chi connectivity index (χ4n) is 3.53. The van der Waals surface area contributed by atoms with Crippen LogP contribution < -0.4 is 0 Å². The first-order valence-corrected chi connectivity index (χ1v) is 9.92. The molecule has 3 atom stereocenters. The summed E-state index contributed by atoms with van der Waals surface area (Å²) in [5.41, 5.74) is 1.29. The second kappa shape index (κ2) is 10.5. The fourth-order valence-corrected chi connectivity index (χ4v) is 3.53. The molecule has 28 heavy (non-hydrogen) atoms. The maximum atomic E-state index is 10.7. The van der Waals surface area contributed by atoms with E-state index in [1.54, 1.807) is 13.0 Å². The molecule has 0 aliphatic heterocycles. The van der Waals surface area contributed by atoms with Gasteiger partial charge in [-0.1, -0.05) is 65.8 Å². The Morgan fingerprint density at radius 3 is 2.07 bits per heavy atom. The van der Waals surface area contributed by atoms with E-state index in [9.17, 15) is 15.0 Å². The molecule has 0 bridgehead atoms. The molecular weight excluding hydrogens is 348 g/mol. The minimum atomic E-state index is -0.804. The first-order valence-electron chi connectivity index (χ1n) is 9.92. The molecule has 3 nitrogen and oxygen atoms in total. The van der Waals surface area contributed by atoms with Gasteiger partial charge in [-0.3, -0.25) is 4.79 Å². The Bertz CT molecular complexity index is 707. The number of hydrogen-bond acceptors (Lipinski definition) is 3. The van der Waals surface area contributed by atoms with Crippen LogP contribution in [0.2, 0.25) is 0 Å². The van der Waals surface area contributed by atoms with Gasteiger partial charge in [-0.05, 0) is 65.9 Å². The minimum Gasteiger partial charge on any atom is -0.390 e. The molecule has 154 valence electrons. The van der Waals surface area contributed by atoms with Crippen molar-refractivity contribution in [1.29, 1.82) is 0 Å². The number of allylic oxidation sites excluding steroid dienone is 11. The van der Waals surface area contributed by atoms with Gasteiger partial charge in [0.1, 0.15) is 6.29 Å². The maximum Gasteiger partial charge on any atom is 0.145 e. The molecule has 1 aliphatic carbocycles. The van der Waals surface area contributed by atoms with Crippen LogP contribution in [0.25, 0.3) is 0 Å². The summed E-state index contributed by atoms with van der Waals surface area (Å²) in [7, 11) is 0. The first kappa shape index (κ1) is 24.1. The highest BCUT2D eigenvalue weighted by atomic mass is 16.3. The van der Waals surface area contributed by atoms with Crippen LogP contribution in [-0.2, 0) is 4.79 Å². The molecule has 0 amide bonds. The van der Waals surface area contributed by atoms with Crippen molar-refractivity contribution in [2.45, 2.75) is 65.6 Å². The molecule has 0 radical (unpaired) electrons. The lowest BCUT2D eigenvalue weighted by atomic mass is 9.78. The Balaban J connectivity index is 2.75. The number of rotatable bonds is 8. The van der Waals surface area contributed by atoms with Crippen molar-refractivity contribution in [3.8, 4) is 0 Å². The molecule has 1 saturated carbocycles. The first-order chi connectivity index (χ1) is 13.0. The highest BCUT2D eigenvalue weighted by molar-refractivity contribution is 5.72. The third-order valence-corrected chi connectivity index (χ3v) is 5.32. The largest absolute Gasteiger partial charge is 0.390 e. The van der Waals surface area contributed by atoms with E-state index in [4.69, 9.17) is 0 Å². The van der Waals surface area contributed by atoms with Gasteiger partial charge in [0.05, 0.1) is 11.2 Å². The van der Waals surface area contributed by atoms with Crippen LogP contribution in [-0.4, -0.2) is 27.7 Å². The summed E-state index contributed by atoms with van der Waals surface area (Å²) < 4.78 is 0. The standard InChI is InChI=1S/C25H36O3/c1-19(10-7-8-11-21(3)18-26)12-9-13-20(2)14-15-23-22(24(4,5)27)16-17-25(23,6)28/h7-15,18,22-23,27-28H,16-17H2,1-6H3/b8-7+,12-9+,15-14+,19-10+,20-13+,21-11+. The Morgan fingerprint density at radius 2 is 1.50 bits per heavy atom. The van der Waals surface area contributed by atoms with Crippen molar-refractivity contribution < 1.29 is 15.0 Å². The van der Waals surface area contributed by atoms with Gasteiger partial charge in [0.2, 0.25) is 0 Å². The van der Waals surface area contributed by atoms with Gasteiger partial charge >= 0.3 is 0 Å². The van der Waals surface area contributed by atoms with Crippen molar-refractivity contribution in [3.05, 3.63) is 71.4 Å². The van der Waals surface area contributed by atoms with Gasteiger partial charge in [-0.2, -0.15) is 0 Å². The van der Waals surface area contributed by atoms with Crippen molar-refractivity contribution >= 4 is 6.29 Å². The lowest BCUT2D eigenvalue weighted by Gasteiger charge is -2.33. The number of carbonyl (C=O) groups excluding carboxylic acids is 1. The second-order valence-electron chi connectivity index (χ2n) is 8.63. The van der Waals surface area contributed by atoms with E-state index in [0.29, 0.717) is 12.0 Å². The molecule has 2 N–H and O–H groups in total. The van der Waals surface area contributed by atoms with E-state index in [1.807, 2.05) is 83.2 Å². The molecule has 0 aromatic rings. The van der Waals surface area contributed by atoms with Crippen LogP contribution in [0.1, 0.15) is 54.4 Å². The third kappa shape index (κ3) is 7.95. The summed E-state index contributed by atoms with van der Waals surface area (Å²) in [4.78, 5) is 10.5. The third-order valence-electron chi connectivity index (χ3n) is 5.32. The van der Waals surface area contributed by atoms with Gasteiger partial charge in [0, 0.05) is 5.92 Å². The topological polar surface area (TPSA) is 57.5 Å². The van der Waals surface area contributed by atoms with E-state index in [0.717, 1.165) is 23.9 Å². The zero-order valence-corrected chi connectivity index (χ0v) is 18.1. The average Bonchev–Trinajstić information content (AvgIpc) is 2.91. The Morgan fingerprint density at radius 1 is 0.964 bits per heavy atom. The van der Waals surface area contributed by atoms with E-state index in [2.05, 4.69) is 0 Å². The lowest BCUT2D eigenvalue weighted by Crippen LogP contribution is -2.39. The predicted octanol–water partition coefficient (Wildman–Crippen LogP) is 5.24. The Labute approximate surface area is 170 Å². The molecule has 3 heteroatoms. The SMILES string of the molecule is C\C(C=O)=C/C=C/C=C(C)/C=C/C=C(C)/C=C/C1C(C(C)(C)O)CCC1(C)O. The van der Waals surface area contributed by atoms with Crippen LogP contribution in [0.15, 0.2) is 71.4 Å². The average molecular weight is 385 g/mol. The van der Waals surface area contributed by atoms with Crippen molar-refractivity contribution in [3.63, 3.8) is 0 Å². The molecule has 0 spiro atoms. The molecule has 3 unspecified atom stereocenters. The summed E-state index contributed by atoms with van der Waals surface area (Å²) in [5.74, 6) is -0.00886. The Hall–Kier alpha value is -1.97. The summed E-state index contributed by atoms with van der Waals surface area (Å²) in [6, 6.07) is 0. The number of aldehydes is 1. The van der Waals surface area contributed by atoms with Gasteiger partial charge in [0.25, 0.3) is 0 Å². The van der Waals surface area contributed by atoms with Crippen LogP contribution in [0.3, 0.4) is 0 Å². The van der Waals surface area contributed by atoms with Crippen molar-refractivity contribution in [1.82, 2.24) is 0 Å². The summed E-state index contributed by atoms with van der Waals surface area (Å²) >= 11 is 0. The zero-order chi connectivity index (χ0) is 21.4. The molecule has 0 aromatic carbocycles. The number of hydrogen-bond donors (Lipinski definition) is 2. The number of aliphatic hydroxyl groups is 2. The highest BCUT2D eigenvalue weighted by Gasteiger charge is 2.47. The summed E-state index contributed by atoms with van der Waals surface area (Å²) in [5, 5.41) is 21.1. The molecule has 1 aliphatic rings. The molecular formula is C25H36O3. The normalized spacial score (nSPS) is 28.2. The van der Waals surface area contributed by atoms with Gasteiger partial charge in [-0.15, -0.1) is 0 Å². The second-order valence-corrected chi connectivity index (χ2v) is 8.63. The Kier molecular flexibility index (Phi) is 9.06. The summed E-state index contributed by atoms with van der Waals surface area (Å²) in [6.07, 6.45) is 20.0. The van der Waals surface area contributed by atoms with E-state index < -0.39 is 11.2 Å². The van der Waals surface area contributed by atoms with E-state index >= 15 is 0 Å². The summed E-state index contributed by atoms with van der Waals surface area (Å²) in [6.45, 7) is 11.3.